The van der Waals surface area contributed by atoms with E-state index in [-0.39, 0.29) is 0 Å². The Balaban J connectivity index is 1.96. The van der Waals surface area contributed by atoms with Crippen molar-refractivity contribution in [3.8, 4) is 0 Å². The maximum Gasteiger partial charge on any atom is 0.0587 e. The first-order valence-electron chi connectivity index (χ1n) is 6.34. The summed E-state index contributed by atoms with van der Waals surface area (Å²) < 4.78 is 5.02. The van der Waals surface area contributed by atoms with Crippen LogP contribution in [0.25, 0.3) is 0 Å². The molecule has 0 amide bonds. The fourth-order valence-corrected chi connectivity index (χ4v) is 2.36. The molecule has 0 fully saturated rings. The van der Waals surface area contributed by atoms with E-state index in [0.717, 1.165) is 19.7 Å². The van der Waals surface area contributed by atoms with Gasteiger partial charge in [0.05, 0.1) is 6.61 Å². The van der Waals surface area contributed by atoms with Crippen molar-refractivity contribution in [2.75, 3.05) is 38.8 Å². The van der Waals surface area contributed by atoms with Crippen LogP contribution in [0.15, 0.2) is 18.2 Å². The number of nitrogens with one attached hydrogen (secondary N) is 1. The third-order valence-corrected chi connectivity index (χ3v) is 3.31. The molecule has 0 atom stereocenters. The quantitative estimate of drug-likeness (QED) is 0.786. The largest absolute Gasteiger partial charge is 0.383 e. The minimum absolute atomic E-state index is 0.772. The number of anilines is 1. The van der Waals surface area contributed by atoms with Crippen molar-refractivity contribution in [3.05, 3.63) is 29.3 Å². The normalized spacial score (nSPS) is 14.8. The summed E-state index contributed by atoms with van der Waals surface area (Å²) in [6.07, 6.45) is 2.48. The summed E-state index contributed by atoms with van der Waals surface area (Å²) in [6.45, 7) is 3.79. The summed E-state index contributed by atoms with van der Waals surface area (Å²) in [4.78, 5) is 2.35. The Morgan fingerprint density at radius 1 is 1.41 bits per heavy atom. The molecule has 1 heterocycles. The van der Waals surface area contributed by atoms with Gasteiger partial charge in [-0.2, -0.15) is 0 Å². The molecule has 2 rings (SSSR count). The molecule has 0 saturated heterocycles. The molecule has 0 unspecified atom stereocenters. The van der Waals surface area contributed by atoms with Crippen molar-refractivity contribution < 1.29 is 4.74 Å². The monoisotopic (exact) mass is 234 g/mol. The lowest BCUT2D eigenvalue weighted by atomic mass is 9.99. The molecule has 17 heavy (non-hydrogen) atoms. The van der Waals surface area contributed by atoms with Crippen molar-refractivity contribution in [2.24, 2.45) is 0 Å². The third-order valence-electron chi connectivity index (χ3n) is 3.31. The number of fused-ring (bicyclic) bond motifs is 1. The molecular formula is C14H22N2O. The summed E-state index contributed by atoms with van der Waals surface area (Å²) in [5, 5.41) is 3.38. The van der Waals surface area contributed by atoms with Crippen LogP contribution in [-0.4, -0.2) is 33.9 Å². The van der Waals surface area contributed by atoms with Gasteiger partial charge in [-0.05, 0) is 30.0 Å². The minimum atomic E-state index is 0.772. The summed E-state index contributed by atoms with van der Waals surface area (Å²) in [5.41, 5.74) is 4.26. The van der Waals surface area contributed by atoms with Crippen molar-refractivity contribution in [2.45, 2.75) is 19.4 Å². The van der Waals surface area contributed by atoms with Gasteiger partial charge in [-0.25, -0.2) is 0 Å². The first-order valence-corrected chi connectivity index (χ1v) is 6.34. The fraction of sp³-hybridized carbons (Fsp3) is 0.571. The van der Waals surface area contributed by atoms with E-state index >= 15 is 0 Å². The molecule has 1 aromatic carbocycles. The molecule has 3 nitrogen and oxygen atoms in total. The Morgan fingerprint density at radius 3 is 3.12 bits per heavy atom. The fourth-order valence-electron chi connectivity index (χ4n) is 2.36. The van der Waals surface area contributed by atoms with Gasteiger partial charge in [-0.1, -0.05) is 12.1 Å². The van der Waals surface area contributed by atoms with Crippen LogP contribution in [0, 0.1) is 0 Å². The Labute approximate surface area is 104 Å². The van der Waals surface area contributed by atoms with Gasteiger partial charge >= 0.3 is 0 Å². The molecule has 1 aliphatic heterocycles. The van der Waals surface area contributed by atoms with Crippen LogP contribution < -0.4 is 10.2 Å². The number of hydrogen-bond donors (Lipinski definition) is 1. The predicted octanol–water partition coefficient (Wildman–Crippen LogP) is 1.80. The smallest absolute Gasteiger partial charge is 0.0587 e. The lowest BCUT2D eigenvalue weighted by Crippen LogP contribution is -2.25. The molecule has 0 aromatic heterocycles. The van der Waals surface area contributed by atoms with Gasteiger partial charge in [0, 0.05) is 39.5 Å². The van der Waals surface area contributed by atoms with Crippen LogP contribution in [0.4, 0.5) is 5.69 Å². The Bertz CT molecular complexity index is 365. The van der Waals surface area contributed by atoms with E-state index in [1.54, 1.807) is 7.11 Å². The van der Waals surface area contributed by atoms with Gasteiger partial charge in [0.1, 0.15) is 0 Å². The van der Waals surface area contributed by atoms with Gasteiger partial charge in [0.25, 0.3) is 0 Å². The van der Waals surface area contributed by atoms with Crippen LogP contribution in [-0.2, 0) is 17.7 Å². The number of rotatable bonds is 5. The van der Waals surface area contributed by atoms with Gasteiger partial charge in [-0.3, -0.25) is 0 Å². The van der Waals surface area contributed by atoms with Crippen LogP contribution in [0.5, 0.6) is 0 Å². The Hall–Kier alpha value is -1.06. The third kappa shape index (κ3) is 3.20. The molecular weight excluding hydrogens is 212 g/mol. The second kappa shape index (κ2) is 6.03. The molecule has 1 N–H and O–H groups in total. The van der Waals surface area contributed by atoms with E-state index < -0.39 is 0 Å². The average molecular weight is 234 g/mol. The van der Waals surface area contributed by atoms with E-state index in [1.807, 2.05) is 0 Å². The van der Waals surface area contributed by atoms with Gasteiger partial charge in [-0.15, -0.1) is 0 Å². The van der Waals surface area contributed by atoms with E-state index in [9.17, 15) is 0 Å². The summed E-state index contributed by atoms with van der Waals surface area (Å²) in [5.74, 6) is 0. The molecule has 0 bridgehead atoms. The first kappa shape index (κ1) is 12.4. The summed E-state index contributed by atoms with van der Waals surface area (Å²) in [6, 6.07) is 6.81. The molecule has 1 aliphatic rings. The average Bonchev–Trinajstić information content (AvgIpc) is 2.35. The van der Waals surface area contributed by atoms with Gasteiger partial charge in [0.15, 0.2) is 0 Å². The van der Waals surface area contributed by atoms with Crippen LogP contribution in [0.2, 0.25) is 0 Å². The van der Waals surface area contributed by atoms with Crippen molar-refractivity contribution in [1.29, 1.82) is 0 Å². The number of aryl methyl sites for hydroxylation is 1. The van der Waals surface area contributed by atoms with Gasteiger partial charge in [0.2, 0.25) is 0 Å². The van der Waals surface area contributed by atoms with Crippen LogP contribution in [0.1, 0.15) is 17.5 Å². The van der Waals surface area contributed by atoms with Crippen LogP contribution in [0.3, 0.4) is 0 Å². The maximum absolute atomic E-state index is 5.02. The number of methoxy groups -OCH3 is 1. The van der Waals surface area contributed by atoms with Crippen molar-refractivity contribution >= 4 is 5.69 Å². The van der Waals surface area contributed by atoms with E-state index in [0.29, 0.717) is 0 Å². The molecule has 1 aromatic rings. The molecule has 0 spiro atoms. The highest BCUT2D eigenvalue weighted by Gasteiger charge is 2.13. The molecule has 0 saturated carbocycles. The zero-order valence-corrected chi connectivity index (χ0v) is 10.8. The molecule has 0 aliphatic carbocycles. The molecule has 0 radical (unpaired) electrons. The van der Waals surface area contributed by atoms with E-state index in [1.165, 1.54) is 36.2 Å². The van der Waals surface area contributed by atoms with Crippen LogP contribution >= 0.6 is 0 Å². The SMILES string of the molecule is COCCNCc1ccc2c(c1)CCCN2C. The highest BCUT2D eigenvalue weighted by atomic mass is 16.5. The lowest BCUT2D eigenvalue weighted by Gasteiger charge is -2.27. The van der Waals surface area contributed by atoms with E-state index in [4.69, 9.17) is 4.74 Å². The van der Waals surface area contributed by atoms with Gasteiger partial charge < -0.3 is 15.0 Å². The second-order valence-electron chi connectivity index (χ2n) is 4.66. The summed E-state index contributed by atoms with van der Waals surface area (Å²) in [7, 11) is 3.91. The number of hydrogen-bond acceptors (Lipinski definition) is 3. The number of benzene rings is 1. The predicted molar refractivity (Wildman–Crippen MR) is 71.6 cm³/mol. The first-order chi connectivity index (χ1) is 8.31. The maximum atomic E-state index is 5.02. The Kier molecular flexibility index (Phi) is 4.40. The second-order valence-corrected chi connectivity index (χ2v) is 4.66. The standard InChI is InChI=1S/C14H22N2O/c1-16-8-3-4-13-10-12(5-6-14(13)16)11-15-7-9-17-2/h5-6,10,15H,3-4,7-9,11H2,1-2H3. The minimum Gasteiger partial charge on any atom is -0.383 e. The van der Waals surface area contributed by atoms with Crippen molar-refractivity contribution in [1.82, 2.24) is 5.32 Å². The topological polar surface area (TPSA) is 24.5 Å². The number of ether oxygens (including phenoxy) is 1. The molecule has 94 valence electrons. The number of nitrogens with zero attached hydrogens (tertiary/aromatic N) is 1. The van der Waals surface area contributed by atoms with E-state index in [2.05, 4.69) is 35.5 Å². The highest BCUT2D eigenvalue weighted by molar-refractivity contribution is 5.56. The lowest BCUT2D eigenvalue weighted by molar-refractivity contribution is 0.199. The zero-order chi connectivity index (χ0) is 12.1. The molecule has 3 heteroatoms. The van der Waals surface area contributed by atoms with Crippen molar-refractivity contribution in [3.63, 3.8) is 0 Å². The summed E-state index contributed by atoms with van der Waals surface area (Å²) >= 11 is 0. The highest BCUT2D eigenvalue weighted by Crippen LogP contribution is 2.26. The Morgan fingerprint density at radius 2 is 2.29 bits per heavy atom. The zero-order valence-electron chi connectivity index (χ0n) is 10.8.